The average Bonchev–Trinajstić information content (AvgIpc) is 3.18. The second-order valence-electron chi connectivity index (χ2n) is 5.05. The van der Waals surface area contributed by atoms with Gasteiger partial charge < -0.3 is 16.6 Å². The van der Waals surface area contributed by atoms with E-state index in [2.05, 4.69) is 27.9 Å². The number of nitrogens with two attached hydrogens (primary N) is 2. The van der Waals surface area contributed by atoms with Crippen molar-refractivity contribution in [3.8, 4) is 38.9 Å². The second-order valence-corrected chi connectivity index (χ2v) is 7.00. The van der Waals surface area contributed by atoms with Gasteiger partial charge in [0.25, 0.3) is 0 Å². The number of anilines is 2. The first-order chi connectivity index (χ1) is 12.0. The highest BCUT2D eigenvalue weighted by Crippen LogP contribution is 2.37. The summed E-state index contributed by atoms with van der Waals surface area (Å²) in [5, 5.41) is 20.6. The molecule has 0 spiro atoms. The number of thiazole rings is 1. The number of aliphatic hydroxyl groups excluding tert-OH is 1. The molecule has 0 fully saturated rings. The molecule has 8 heteroatoms. The minimum absolute atomic E-state index is 0.165. The Morgan fingerprint density at radius 2 is 2.08 bits per heavy atom. The number of nitrogen functional groups attached to an aromatic ring is 2. The Bertz CT molecular complexity index is 1050. The van der Waals surface area contributed by atoms with Gasteiger partial charge in [-0.05, 0) is 19.1 Å². The van der Waals surface area contributed by atoms with E-state index in [-0.39, 0.29) is 12.4 Å². The van der Waals surface area contributed by atoms with Gasteiger partial charge in [0.15, 0.2) is 5.13 Å². The monoisotopic (exact) mass is 367 g/mol. The number of rotatable bonds is 2. The molecule has 6 nitrogen and oxygen atoms in total. The normalized spacial score (nSPS) is 10.1. The molecule has 124 valence electrons. The summed E-state index contributed by atoms with van der Waals surface area (Å²) in [6, 6.07) is 5.80. The number of aliphatic hydroxyl groups is 1. The lowest BCUT2D eigenvalue weighted by molar-refractivity contribution is 0.350. The molecule has 0 atom stereocenters. The first kappa shape index (κ1) is 16.9. The maximum atomic E-state index is 9.47. The molecule has 0 unspecified atom stereocenters. The zero-order valence-electron chi connectivity index (χ0n) is 13.2. The van der Waals surface area contributed by atoms with Crippen LogP contribution < -0.4 is 11.5 Å². The summed E-state index contributed by atoms with van der Waals surface area (Å²) >= 11 is 2.78. The van der Waals surface area contributed by atoms with E-state index in [4.69, 9.17) is 16.6 Å². The predicted molar refractivity (Wildman–Crippen MR) is 101 cm³/mol. The Hall–Kier alpha value is -2.91. The van der Waals surface area contributed by atoms with Gasteiger partial charge in [-0.25, -0.2) is 9.97 Å². The van der Waals surface area contributed by atoms with Gasteiger partial charge in [-0.3, -0.25) is 0 Å². The van der Waals surface area contributed by atoms with Crippen LogP contribution in [0, 0.1) is 30.1 Å². The van der Waals surface area contributed by atoms with Gasteiger partial charge >= 0.3 is 0 Å². The van der Waals surface area contributed by atoms with Crippen molar-refractivity contribution < 1.29 is 5.11 Å². The quantitative estimate of drug-likeness (QED) is 0.599. The van der Waals surface area contributed by atoms with Crippen molar-refractivity contribution in [3.63, 3.8) is 0 Å². The van der Waals surface area contributed by atoms with Crippen LogP contribution in [0.4, 0.5) is 10.9 Å². The van der Waals surface area contributed by atoms with Crippen molar-refractivity contribution in [2.45, 2.75) is 6.92 Å². The molecule has 0 amide bonds. The highest BCUT2D eigenvalue weighted by molar-refractivity contribution is 7.18. The minimum Gasteiger partial charge on any atom is -0.384 e. The first-order valence-electron chi connectivity index (χ1n) is 7.16. The third-order valence-electron chi connectivity index (χ3n) is 3.38. The van der Waals surface area contributed by atoms with Crippen LogP contribution >= 0.6 is 22.7 Å². The van der Waals surface area contributed by atoms with Gasteiger partial charge in [0.2, 0.25) is 0 Å². The minimum atomic E-state index is -0.201. The highest BCUT2D eigenvalue weighted by atomic mass is 32.1. The Labute approximate surface area is 152 Å². The van der Waals surface area contributed by atoms with Crippen molar-refractivity contribution in [1.82, 2.24) is 9.97 Å². The zero-order valence-corrected chi connectivity index (χ0v) is 14.8. The van der Waals surface area contributed by atoms with E-state index in [0.29, 0.717) is 22.0 Å². The molecule has 5 N–H and O–H groups in total. The maximum Gasteiger partial charge on any atom is 0.180 e. The van der Waals surface area contributed by atoms with E-state index in [9.17, 15) is 5.26 Å². The topological polar surface area (TPSA) is 122 Å². The number of aromatic nitrogens is 2. The molecule has 0 aromatic carbocycles. The number of pyridine rings is 1. The molecule has 0 aliphatic carbocycles. The van der Waals surface area contributed by atoms with Gasteiger partial charge in [0.05, 0.1) is 16.3 Å². The molecular formula is C17H13N5OS2. The average molecular weight is 367 g/mol. The summed E-state index contributed by atoms with van der Waals surface area (Å²) in [6.07, 6.45) is 0. The van der Waals surface area contributed by atoms with Gasteiger partial charge in [-0.2, -0.15) is 5.26 Å². The van der Waals surface area contributed by atoms with Crippen LogP contribution in [0.3, 0.4) is 0 Å². The molecule has 3 rings (SSSR count). The molecule has 0 radical (unpaired) electrons. The third kappa shape index (κ3) is 3.32. The van der Waals surface area contributed by atoms with E-state index in [1.807, 2.05) is 24.4 Å². The van der Waals surface area contributed by atoms with Crippen LogP contribution in [0.5, 0.6) is 0 Å². The predicted octanol–water partition coefficient (Wildman–Crippen LogP) is 2.62. The largest absolute Gasteiger partial charge is 0.384 e. The lowest BCUT2D eigenvalue weighted by Crippen LogP contribution is -1.99. The fourth-order valence-electron chi connectivity index (χ4n) is 2.33. The van der Waals surface area contributed by atoms with Gasteiger partial charge in [-0.1, -0.05) is 23.2 Å². The van der Waals surface area contributed by atoms with E-state index in [1.165, 1.54) is 22.7 Å². The number of nitriles is 1. The van der Waals surface area contributed by atoms with Crippen molar-refractivity contribution in [1.29, 1.82) is 5.26 Å². The van der Waals surface area contributed by atoms with Gasteiger partial charge in [0, 0.05) is 21.4 Å². The summed E-state index contributed by atoms with van der Waals surface area (Å²) in [6.45, 7) is 1.65. The second kappa shape index (κ2) is 6.91. The van der Waals surface area contributed by atoms with Crippen molar-refractivity contribution in [2.24, 2.45) is 0 Å². The lowest BCUT2D eigenvalue weighted by Gasteiger charge is -2.07. The number of aryl methyl sites for hydroxylation is 1. The molecular weight excluding hydrogens is 354 g/mol. The van der Waals surface area contributed by atoms with Crippen LogP contribution in [0.15, 0.2) is 17.5 Å². The number of hydrogen-bond donors (Lipinski definition) is 3. The molecule has 0 saturated heterocycles. The lowest BCUT2D eigenvalue weighted by atomic mass is 10.1. The molecule has 0 bridgehead atoms. The van der Waals surface area contributed by atoms with Gasteiger partial charge in [0.1, 0.15) is 24.1 Å². The van der Waals surface area contributed by atoms with Crippen LogP contribution in [0.1, 0.15) is 16.8 Å². The highest BCUT2D eigenvalue weighted by Gasteiger charge is 2.17. The Morgan fingerprint density at radius 3 is 2.72 bits per heavy atom. The Kier molecular flexibility index (Phi) is 4.68. The van der Waals surface area contributed by atoms with E-state index in [1.54, 1.807) is 0 Å². The summed E-state index contributed by atoms with van der Waals surface area (Å²) in [4.78, 5) is 10.2. The SMILES string of the molecule is Cc1nc(N)sc1-c1cc(-c2cc(C#CCO)cs2)c(C#N)c(N)n1. The molecule has 3 aromatic rings. The number of thiophene rings is 1. The Balaban J connectivity index is 2.17. The number of nitrogens with zero attached hydrogens (tertiary/aromatic N) is 3. The number of hydrogen-bond acceptors (Lipinski definition) is 8. The van der Waals surface area contributed by atoms with Gasteiger partial charge in [-0.15, -0.1) is 11.3 Å². The summed E-state index contributed by atoms with van der Waals surface area (Å²) in [7, 11) is 0. The smallest absolute Gasteiger partial charge is 0.180 e. The standard InChI is InChI=1S/C17H13N5OS2/c1-9-15(25-17(20)21-9)13-6-11(12(7-18)16(19)22-13)14-5-10(8-24-14)3-2-4-23/h5-6,8,23H,4H2,1H3,(H2,19,22)(H2,20,21). The van der Waals surface area contributed by atoms with Crippen LogP contribution in [0.2, 0.25) is 0 Å². The van der Waals surface area contributed by atoms with Crippen molar-refractivity contribution in [3.05, 3.63) is 34.3 Å². The molecule has 0 saturated carbocycles. The van der Waals surface area contributed by atoms with Crippen LogP contribution in [-0.4, -0.2) is 21.7 Å². The van der Waals surface area contributed by atoms with E-state index in [0.717, 1.165) is 21.0 Å². The third-order valence-corrected chi connectivity index (χ3v) is 5.35. The first-order valence-corrected chi connectivity index (χ1v) is 8.85. The van der Waals surface area contributed by atoms with Crippen LogP contribution in [-0.2, 0) is 0 Å². The van der Waals surface area contributed by atoms with Crippen LogP contribution in [0.25, 0.3) is 21.0 Å². The van der Waals surface area contributed by atoms with Crippen molar-refractivity contribution in [2.75, 3.05) is 18.1 Å². The fourth-order valence-corrected chi connectivity index (χ4v) is 3.99. The summed E-state index contributed by atoms with van der Waals surface area (Å²) in [5.41, 5.74) is 15.0. The fraction of sp³-hybridized carbons (Fsp3) is 0.118. The molecule has 25 heavy (non-hydrogen) atoms. The zero-order chi connectivity index (χ0) is 18.0. The van der Waals surface area contributed by atoms with E-state index >= 15 is 0 Å². The maximum absolute atomic E-state index is 9.47. The van der Waals surface area contributed by atoms with E-state index < -0.39 is 0 Å². The molecule has 3 aromatic heterocycles. The molecule has 0 aliphatic heterocycles. The Morgan fingerprint density at radius 1 is 1.28 bits per heavy atom. The summed E-state index contributed by atoms with van der Waals surface area (Å²) < 4.78 is 0. The molecule has 0 aliphatic rings. The summed E-state index contributed by atoms with van der Waals surface area (Å²) in [5.74, 6) is 5.62. The van der Waals surface area contributed by atoms with Crippen molar-refractivity contribution >= 4 is 33.6 Å². The molecule has 3 heterocycles.